The summed E-state index contributed by atoms with van der Waals surface area (Å²) in [7, 11) is 0. The van der Waals surface area contributed by atoms with Gasteiger partial charge in [-0.2, -0.15) is 0 Å². The van der Waals surface area contributed by atoms with Gasteiger partial charge in [-0.05, 0) is 6.42 Å². The lowest BCUT2D eigenvalue weighted by Gasteiger charge is -1.86. The van der Waals surface area contributed by atoms with Gasteiger partial charge >= 0.3 is 5.97 Å². The molecular weight excluding hydrogens is 232 g/mol. The molecule has 1 N–H and O–H groups in total. The van der Waals surface area contributed by atoms with Crippen LogP contribution in [0.4, 0.5) is 0 Å². The summed E-state index contributed by atoms with van der Waals surface area (Å²) in [5.41, 5.74) is 0.0863. The van der Waals surface area contributed by atoms with Crippen molar-refractivity contribution in [2.45, 2.75) is 13.3 Å². The van der Waals surface area contributed by atoms with E-state index in [4.69, 9.17) is 5.11 Å². The number of carboxylic acid groups (broad SMARTS) is 1. The molecule has 6 heteroatoms. The second kappa shape index (κ2) is 4.08. The summed E-state index contributed by atoms with van der Waals surface area (Å²) in [6, 6.07) is 0. The quantitative estimate of drug-likeness (QED) is 0.895. The Bertz CT molecular complexity index is 490. The van der Waals surface area contributed by atoms with Crippen LogP contribution in [0.15, 0.2) is 11.6 Å². The summed E-state index contributed by atoms with van der Waals surface area (Å²) in [5.74, 6) is -0.996. The van der Waals surface area contributed by atoms with E-state index < -0.39 is 5.97 Å². The molecule has 0 amide bonds. The van der Waals surface area contributed by atoms with Crippen LogP contribution in [0.3, 0.4) is 0 Å². The van der Waals surface area contributed by atoms with Crippen LogP contribution in [-0.4, -0.2) is 21.0 Å². The fourth-order valence-electron chi connectivity index (χ4n) is 1.04. The molecule has 15 heavy (non-hydrogen) atoms. The van der Waals surface area contributed by atoms with Gasteiger partial charge in [-0.3, -0.25) is 0 Å². The van der Waals surface area contributed by atoms with Crippen molar-refractivity contribution in [1.29, 1.82) is 0 Å². The number of carboxylic acids is 1. The zero-order chi connectivity index (χ0) is 10.8. The minimum Gasteiger partial charge on any atom is -0.476 e. The lowest BCUT2D eigenvalue weighted by molar-refractivity contribution is 0.0691. The molecule has 0 unspecified atom stereocenters. The minimum atomic E-state index is -0.996. The van der Waals surface area contributed by atoms with Crippen molar-refractivity contribution in [3.63, 3.8) is 0 Å². The maximum atomic E-state index is 10.6. The lowest BCUT2D eigenvalue weighted by Crippen LogP contribution is -1.95. The molecule has 0 saturated carbocycles. The maximum Gasteiger partial charge on any atom is 0.355 e. The molecule has 4 nitrogen and oxygen atoms in total. The Hall–Kier alpha value is -1.27. The molecule has 0 bridgehead atoms. The Balaban J connectivity index is 2.32. The first kappa shape index (κ1) is 10.3. The highest BCUT2D eigenvalue weighted by Gasteiger charge is 2.12. The van der Waals surface area contributed by atoms with Crippen LogP contribution in [0.25, 0.3) is 10.0 Å². The number of aryl methyl sites for hydroxylation is 1. The van der Waals surface area contributed by atoms with Gasteiger partial charge in [0.15, 0.2) is 15.7 Å². The van der Waals surface area contributed by atoms with Gasteiger partial charge in [0.2, 0.25) is 0 Å². The number of aromatic nitrogens is 2. The number of hydrogen-bond donors (Lipinski definition) is 1. The topological polar surface area (TPSA) is 63.1 Å². The summed E-state index contributed by atoms with van der Waals surface area (Å²) in [6.07, 6.45) is 2.75. The fraction of sp³-hybridized carbons (Fsp3) is 0.222. The molecule has 0 aliphatic carbocycles. The molecule has 0 aromatic carbocycles. The number of thiazole rings is 2. The first-order valence-electron chi connectivity index (χ1n) is 4.34. The molecule has 2 aromatic rings. The highest BCUT2D eigenvalue weighted by Crippen LogP contribution is 2.28. The minimum absolute atomic E-state index is 0.0863. The van der Waals surface area contributed by atoms with Gasteiger partial charge in [-0.15, -0.1) is 22.7 Å². The summed E-state index contributed by atoms with van der Waals surface area (Å²) in [6.45, 7) is 2.06. The van der Waals surface area contributed by atoms with Gasteiger partial charge < -0.3 is 5.11 Å². The van der Waals surface area contributed by atoms with Crippen molar-refractivity contribution in [3.05, 3.63) is 22.1 Å². The van der Waals surface area contributed by atoms with E-state index in [1.165, 1.54) is 21.6 Å². The predicted molar refractivity (Wildman–Crippen MR) is 59.6 cm³/mol. The van der Waals surface area contributed by atoms with Crippen LogP contribution < -0.4 is 0 Å². The monoisotopic (exact) mass is 240 g/mol. The zero-order valence-electron chi connectivity index (χ0n) is 7.93. The van der Waals surface area contributed by atoms with Crippen LogP contribution in [0.2, 0.25) is 0 Å². The number of hydrogen-bond acceptors (Lipinski definition) is 5. The molecule has 0 spiro atoms. The van der Waals surface area contributed by atoms with Crippen molar-refractivity contribution >= 4 is 28.6 Å². The van der Waals surface area contributed by atoms with Gasteiger partial charge in [0.1, 0.15) is 0 Å². The molecule has 0 radical (unpaired) electrons. The van der Waals surface area contributed by atoms with E-state index in [0.717, 1.165) is 11.4 Å². The smallest absolute Gasteiger partial charge is 0.355 e. The molecule has 2 aromatic heterocycles. The largest absolute Gasteiger partial charge is 0.476 e. The molecule has 0 saturated heterocycles. The predicted octanol–water partition coefficient (Wildman–Crippen LogP) is 2.53. The molecule has 0 fully saturated rings. The third kappa shape index (κ3) is 2.05. The van der Waals surface area contributed by atoms with E-state index in [9.17, 15) is 4.79 Å². The molecular formula is C9H8N2O2S2. The van der Waals surface area contributed by atoms with Crippen molar-refractivity contribution in [3.8, 4) is 10.0 Å². The molecule has 2 heterocycles. The van der Waals surface area contributed by atoms with Crippen LogP contribution in [-0.2, 0) is 6.42 Å². The summed E-state index contributed by atoms with van der Waals surface area (Å²) in [5, 5.41) is 11.7. The Kier molecular flexibility index (Phi) is 2.79. The van der Waals surface area contributed by atoms with Crippen LogP contribution in [0.1, 0.15) is 22.3 Å². The van der Waals surface area contributed by atoms with Gasteiger partial charge in [-0.1, -0.05) is 6.92 Å². The van der Waals surface area contributed by atoms with Crippen molar-refractivity contribution < 1.29 is 9.90 Å². The summed E-state index contributed by atoms with van der Waals surface area (Å²) >= 11 is 2.87. The van der Waals surface area contributed by atoms with Crippen LogP contribution in [0.5, 0.6) is 0 Å². The molecule has 0 aliphatic rings. The maximum absolute atomic E-state index is 10.6. The highest BCUT2D eigenvalue weighted by molar-refractivity contribution is 7.20. The number of carbonyl (C=O) groups is 1. The van der Waals surface area contributed by atoms with Gasteiger partial charge in [-0.25, -0.2) is 14.8 Å². The molecule has 78 valence electrons. The standard InChI is InChI=1S/C9H8N2O2S2/c1-2-5-3-10-7(15-5)8-11-6(4-14-8)9(12)13/h3-4H,2H2,1H3,(H,12,13). The zero-order valence-corrected chi connectivity index (χ0v) is 9.56. The van der Waals surface area contributed by atoms with Crippen molar-refractivity contribution in [1.82, 2.24) is 9.97 Å². The Morgan fingerprint density at radius 2 is 2.33 bits per heavy atom. The average Bonchev–Trinajstić information content (AvgIpc) is 2.86. The first-order valence-corrected chi connectivity index (χ1v) is 6.04. The van der Waals surface area contributed by atoms with E-state index in [0.29, 0.717) is 5.01 Å². The molecule has 2 rings (SSSR count). The summed E-state index contributed by atoms with van der Waals surface area (Å²) < 4.78 is 0. The summed E-state index contributed by atoms with van der Waals surface area (Å²) in [4.78, 5) is 20.0. The first-order chi connectivity index (χ1) is 7.20. The van der Waals surface area contributed by atoms with E-state index in [1.54, 1.807) is 11.3 Å². The number of rotatable bonds is 3. The second-order valence-corrected chi connectivity index (χ2v) is 4.80. The normalized spacial score (nSPS) is 10.5. The third-order valence-electron chi connectivity index (χ3n) is 1.81. The molecule has 0 aliphatic heterocycles. The average molecular weight is 240 g/mol. The highest BCUT2D eigenvalue weighted by atomic mass is 32.1. The van der Waals surface area contributed by atoms with Crippen LogP contribution in [0, 0.1) is 0 Å². The van der Waals surface area contributed by atoms with Gasteiger partial charge in [0, 0.05) is 16.5 Å². The van der Waals surface area contributed by atoms with Crippen molar-refractivity contribution in [2.24, 2.45) is 0 Å². The fourth-order valence-corrected chi connectivity index (χ4v) is 2.73. The van der Waals surface area contributed by atoms with Gasteiger partial charge in [0.05, 0.1) is 0 Å². The SMILES string of the molecule is CCc1cnc(-c2nc(C(=O)O)cs2)s1. The van der Waals surface area contributed by atoms with Crippen LogP contribution >= 0.6 is 22.7 Å². The number of nitrogens with zero attached hydrogens (tertiary/aromatic N) is 2. The Labute approximate surface area is 94.3 Å². The Morgan fingerprint density at radius 1 is 1.53 bits per heavy atom. The lowest BCUT2D eigenvalue weighted by atomic mass is 10.4. The van der Waals surface area contributed by atoms with E-state index in [1.807, 2.05) is 6.20 Å². The van der Waals surface area contributed by atoms with Crippen molar-refractivity contribution in [2.75, 3.05) is 0 Å². The second-order valence-electron chi connectivity index (χ2n) is 2.83. The third-order valence-corrected chi connectivity index (χ3v) is 3.93. The Morgan fingerprint density at radius 3 is 2.87 bits per heavy atom. The van der Waals surface area contributed by atoms with E-state index in [-0.39, 0.29) is 5.69 Å². The molecule has 0 atom stereocenters. The number of aromatic carboxylic acids is 1. The van der Waals surface area contributed by atoms with Gasteiger partial charge in [0.25, 0.3) is 0 Å². The van der Waals surface area contributed by atoms with E-state index in [2.05, 4.69) is 16.9 Å². The van der Waals surface area contributed by atoms with E-state index >= 15 is 0 Å².